The third-order valence-electron chi connectivity index (χ3n) is 6.47. The summed E-state index contributed by atoms with van der Waals surface area (Å²) in [4.78, 5) is 33.8. The van der Waals surface area contributed by atoms with Gasteiger partial charge in [0.15, 0.2) is 5.82 Å². The fraction of sp³-hybridized carbons (Fsp3) is 0.241. The van der Waals surface area contributed by atoms with Gasteiger partial charge in [-0.15, -0.1) is 11.3 Å². The molecule has 0 aliphatic carbocycles. The minimum Gasteiger partial charge on any atom is -1.00 e. The van der Waals surface area contributed by atoms with E-state index < -0.39 is 5.76 Å². The Morgan fingerprint density at radius 2 is 1.79 bits per heavy atom. The van der Waals surface area contributed by atoms with Gasteiger partial charge in [0.25, 0.3) is 5.56 Å². The van der Waals surface area contributed by atoms with Crippen molar-refractivity contribution in [3.8, 4) is 22.5 Å². The third-order valence-corrected chi connectivity index (χ3v) is 7.33. The van der Waals surface area contributed by atoms with Crippen molar-refractivity contribution in [3.05, 3.63) is 114 Å². The standard InChI is InChI=1S/C29H28N4O3S.K.H/c1-3-4-11-26-25(28(34)33(19(2)30-26)18-22-8-7-16-37-22)17-20-12-14-21(15-13-20)23-9-5-6-10-24(23)27-31-29(35)36-32-27;;/h5-10,12-16H,3-4,11,17-18H2,1-2H3,(H,31,32,35);;/q;+1;-1. The molecule has 0 aliphatic heterocycles. The SMILES string of the molecule is CCCCc1nc(C)n(Cc2cccs2)c(=O)c1Cc1ccc(-c2ccccc2-c2noc(=O)[nH]2)cc1.[H-].[K+]. The molecule has 0 bridgehead atoms. The van der Waals surface area contributed by atoms with Gasteiger partial charge in [0, 0.05) is 22.4 Å². The summed E-state index contributed by atoms with van der Waals surface area (Å²) in [5.74, 6) is 0.559. The number of H-pyrrole nitrogens is 1. The van der Waals surface area contributed by atoms with E-state index in [1.165, 1.54) is 0 Å². The van der Waals surface area contributed by atoms with E-state index in [-0.39, 0.29) is 58.4 Å². The van der Waals surface area contributed by atoms with Crippen LogP contribution in [0.2, 0.25) is 0 Å². The Hall–Kier alpha value is -2.40. The third kappa shape index (κ3) is 6.41. The molecule has 0 unspecified atom stereocenters. The molecule has 0 saturated heterocycles. The Bertz CT molecular complexity index is 1630. The van der Waals surface area contributed by atoms with E-state index >= 15 is 0 Å². The molecule has 5 rings (SSSR count). The zero-order valence-corrected chi connectivity index (χ0v) is 25.8. The average Bonchev–Trinajstić information content (AvgIpc) is 3.59. The molecule has 7 nitrogen and oxygen atoms in total. The minimum atomic E-state index is -0.588. The van der Waals surface area contributed by atoms with Gasteiger partial charge < -0.3 is 1.43 Å². The summed E-state index contributed by atoms with van der Waals surface area (Å²) in [5.41, 5.74) is 5.43. The number of nitrogens with one attached hydrogen (secondary N) is 1. The van der Waals surface area contributed by atoms with Gasteiger partial charge in [0.05, 0.1) is 12.2 Å². The first kappa shape index (κ1) is 28.6. The molecule has 3 heterocycles. The summed E-state index contributed by atoms with van der Waals surface area (Å²) in [6.07, 6.45) is 3.36. The number of thiophene rings is 1. The summed E-state index contributed by atoms with van der Waals surface area (Å²) < 4.78 is 6.49. The second kappa shape index (κ2) is 13.1. The van der Waals surface area contributed by atoms with Gasteiger partial charge in [-0.2, -0.15) is 0 Å². The molecule has 2 aromatic carbocycles. The molecule has 0 fully saturated rings. The monoisotopic (exact) mass is 552 g/mol. The molecule has 3 aromatic heterocycles. The van der Waals surface area contributed by atoms with Crippen LogP contribution in [0.15, 0.2) is 80.2 Å². The van der Waals surface area contributed by atoms with Crippen molar-refractivity contribution in [1.29, 1.82) is 0 Å². The van der Waals surface area contributed by atoms with Crippen LogP contribution in [-0.2, 0) is 19.4 Å². The topological polar surface area (TPSA) is 93.8 Å². The van der Waals surface area contributed by atoms with Gasteiger partial charge in [0.2, 0.25) is 0 Å². The van der Waals surface area contributed by atoms with Crippen LogP contribution in [-0.4, -0.2) is 19.7 Å². The second-order valence-corrected chi connectivity index (χ2v) is 10.1. The first-order valence-electron chi connectivity index (χ1n) is 12.4. The van der Waals surface area contributed by atoms with Crippen molar-refractivity contribution >= 4 is 11.3 Å². The van der Waals surface area contributed by atoms with E-state index in [9.17, 15) is 9.59 Å². The fourth-order valence-electron chi connectivity index (χ4n) is 4.52. The summed E-state index contributed by atoms with van der Waals surface area (Å²) in [6.45, 7) is 4.61. The number of hydrogen-bond acceptors (Lipinski definition) is 6. The zero-order chi connectivity index (χ0) is 25.8. The van der Waals surface area contributed by atoms with E-state index in [4.69, 9.17) is 9.51 Å². The van der Waals surface area contributed by atoms with E-state index in [2.05, 4.69) is 17.1 Å². The molecule has 0 amide bonds. The predicted molar refractivity (Wildman–Crippen MR) is 147 cm³/mol. The number of nitrogens with zero attached hydrogens (tertiary/aromatic N) is 3. The van der Waals surface area contributed by atoms with Crippen LogP contribution in [0.5, 0.6) is 0 Å². The molecular weight excluding hydrogens is 524 g/mol. The number of benzene rings is 2. The van der Waals surface area contributed by atoms with Crippen molar-refractivity contribution in [2.75, 3.05) is 0 Å². The molecule has 190 valence electrons. The van der Waals surface area contributed by atoms with E-state index in [0.29, 0.717) is 18.8 Å². The number of aryl methyl sites for hydroxylation is 2. The molecule has 38 heavy (non-hydrogen) atoms. The molecular formula is C29H29KN4O3S. The molecule has 0 saturated carbocycles. The Balaban J connectivity index is 0.00000210. The predicted octanol–water partition coefficient (Wildman–Crippen LogP) is 2.72. The van der Waals surface area contributed by atoms with E-state index in [0.717, 1.165) is 63.5 Å². The number of aromatic nitrogens is 4. The summed E-state index contributed by atoms with van der Waals surface area (Å²) in [5, 5.41) is 5.87. The van der Waals surface area contributed by atoms with Crippen LogP contribution in [0.25, 0.3) is 22.5 Å². The van der Waals surface area contributed by atoms with Crippen LogP contribution >= 0.6 is 11.3 Å². The smallest absolute Gasteiger partial charge is 1.00 e. The van der Waals surface area contributed by atoms with Gasteiger partial charge >= 0.3 is 57.1 Å². The Morgan fingerprint density at radius 3 is 2.45 bits per heavy atom. The van der Waals surface area contributed by atoms with E-state index in [1.54, 1.807) is 15.9 Å². The van der Waals surface area contributed by atoms with Crippen molar-refractivity contribution in [2.24, 2.45) is 0 Å². The van der Waals surface area contributed by atoms with Gasteiger partial charge in [-0.05, 0) is 47.9 Å². The normalized spacial score (nSPS) is 10.9. The fourth-order valence-corrected chi connectivity index (χ4v) is 5.22. The van der Waals surface area contributed by atoms with Crippen molar-refractivity contribution < 1.29 is 57.3 Å². The summed E-state index contributed by atoms with van der Waals surface area (Å²) in [7, 11) is 0. The van der Waals surface area contributed by atoms with Crippen LogP contribution in [0, 0.1) is 6.92 Å². The van der Waals surface area contributed by atoms with Crippen LogP contribution in [0.1, 0.15) is 48.7 Å². The first-order chi connectivity index (χ1) is 18.0. The number of rotatable bonds is 9. The maximum absolute atomic E-state index is 13.7. The first-order valence-corrected chi connectivity index (χ1v) is 13.3. The molecule has 0 aliphatic rings. The molecule has 5 aromatic rings. The molecule has 0 radical (unpaired) electrons. The number of hydrogen-bond donors (Lipinski definition) is 1. The van der Waals surface area contributed by atoms with Gasteiger partial charge in [-0.3, -0.25) is 18.9 Å². The zero-order valence-electron chi connectivity index (χ0n) is 22.9. The Kier molecular flexibility index (Phi) is 9.86. The maximum Gasteiger partial charge on any atom is 1.00 e. The van der Waals surface area contributed by atoms with Gasteiger partial charge in [-0.25, -0.2) is 9.78 Å². The van der Waals surface area contributed by atoms with Gasteiger partial charge in [-0.1, -0.05) is 73.1 Å². The number of aromatic amines is 1. The summed E-state index contributed by atoms with van der Waals surface area (Å²) >= 11 is 1.65. The van der Waals surface area contributed by atoms with Crippen molar-refractivity contribution in [3.63, 3.8) is 0 Å². The Morgan fingerprint density at radius 1 is 1.03 bits per heavy atom. The summed E-state index contributed by atoms with van der Waals surface area (Å²) in [6, 6.07) is 19.9. The van der Waals surface area contributed by atoms with E-state index in [1.807, 2.05) is 73.0 Å². The van der Waals surface area contributed by atoms with Crippen molar-refractivity contribution in [1.82, 2.24) is 19.7 Å². The average molecular weight is 553 g/mol. The maximum atomic E-state index is 13.7. The van der Waals surface area contributed by atoms with Crippen LogP contribution in [0.3, 0.4) is 0 Å². The van der Waals surface area contributed by atoms with Gasteiger partial charge in [0.1, 0.15) is 5.82 Å². The van der Waals surface area contributed by atoms with Crippen molar-refractivity contribution in [2.45, 2.75) is 46.1 Å². The molecule has 0 atom stereocenters. The quantitative estimate of drug-likeness (QED) is 0.284. The van der Waals surface area contributed by atoms with Crippen LogP contribution < -0.4 is 62.7 Å². The minimum absolute atomic E-state index is 0. The molecule has 9 heteroatoms. The molecule has 0 spiro atoms. The second-order valence-electron chi connectivity index (χ2n) is 9.02. The Labute approximate surface area is 268 Å². The molecule has 1 N–H and O–H groups in total. The largest absolute Gasteiger partial charge is 1.00 e. The number of unbranched alkanes of at least 4 members (excludes halogenated alkanes) is 1. The van der Waals surface area contributed by atoms with Crippen LogP contribution in [0.4, 0.5) is 0 Å².